The van der Waals surface area contributed by atoms with Crippen molar-refractivity contribution < 1.29 is 38.4 Å². The number of halogens is 2. The number of non-ortho nitro benzene ring substituents is 1. The van der Waals surface area contributed by atoms with Crippen LogP contribution in [-0.2, 0) is 14.3 Å². The number of imide groups is 1. The van der Waals surface area contributed by atoms with Crippen LogP contribution >= 0.6 is 31.9 Å². The van der Waals surface area contributed by atoms with Gasteiger partial charge in [0.25, 0.3) is 5.69 Å². The fraction of sp³-hybridized carbons (Fsp3) is 0.233. The van der Waals surface area contributed by atoms with E-state index in [1.807, 2.05) is 0 Å². The largest absolute Gasteiger partial charge is 0.454 e. The molecule has 220 valence electrons. The van der Waals surface area contributed by atoms with E-state index < -0.39 is 41.1 Å². The molecular weight excluding hydrogens is 692 g/mol. The van der Waals surface area contributed by atoms with Gasteiger partial charge in [-0.1, -0.05) is 37.9 Å². The van der Waals surface area contributed by atoms with Crippen LogP contribution in [0.25, 0.3) is 0 Å². The number of benzene rings is 3. The van der Waals surface area contributed by atoms with Crippen molar-refractivity contribution in [2.24, 2.45) is 11.8 Å². The molecule has 13 heteroatoms. The van der Waals surface area contributed by atoms with Crippen LogP contribution in [0.15, 0.2) is 72.8 Å². The minimum absolute atomic E-state index is 0.0675. The third kappa shape index (κ3) is 6.42. The zero-order chi connectivity index (χ0) is 30.8. The number of carbonyl (C=O) groups is 5. The quantitative estimate of drug-likeness (QED) is 0.0578. The Morgan fingerprint density at radius 1 is 0.814 bits per heavy atom. The van der Waals surface area contributed by atoms with Crippen LogP contribution in [0.4, 0.5) is 11.4 Å². The highest BCUT2D eigenvalue weighted by atomic mass is 79.9. The highest BCUT2D eigenvalue weighted by Gasteiger charge is 2.52. The molecular formula is C30H22Br2N2O9. The molecule has 0 N–H and O–H groups in total. The highest BCUT2D eigenvalue weighted by Crippen LogP contribution is 2.44. The number of Topliss-reactive ketones (excluding diaryl/α,β-unsaturated/α-hetero) is 1. The van der Waals surface area contributed by atoms with E-state index in [1.165, 1.54) is 66.7 Å². The van der Waals surface area contributed by atoms with E-state index in [0.29, 0.717) is 12.8 Å². The number of amides is 2. The van der Waals surface area contributed by atoms with Crippen molar-refractivity contribution in [1.29, 1.82) is 0 Å². The minimum atomic E-state index is -0.804. The molecule has 2 fully saturated rings. The summed E-state index contributed by atoms with van der Waals surface area (Å²) in [4.78, 5) is 75.3. The molecule has 2 amide bonds. The van der Waals surface area contributed by atoms with Gasteiger partial charge in [-0.25, -0.2) is 9.59 Å². The molecule has 11 nitrogen and oxygen atoms in total. The van der Waals surface area contributed by atoms with Crippen LogP contribution in [0.5, 0.6) is 5.75 Å². The fourth-order valence-corrected chi connectivity index (χ4v) is 6.25. The Morgan fingerprint density at radius 2 is 1.40 bits per heavy atom. The average molecular weight is 714 g/mol. The van der Waals surface area contributed by atoms with Gasteiger partial charge in [0.05, 0.1) is 33.6 Å². The zero-order valence-electron chi connectivity index (χ0n) is 22.2. The molecule has 1 saturated heterocycles. The fourth-order valence-electron chi connectivity index (χ4n) is 5.01. The molecule has 4 unspecified atom stereocenters. The molecule has 3 aromatic rings. The summed E-state index contributed by atoms with van der Waals surface area (Å²) in [5.41, 5.74) is 0.483. The summed E-state index contributed by atoms with van der Waals surface area (Å²) in [5.74, 6) is -3.39. The molecule has 1 aliphatic heterocycles. The maximum absolute atomic E-state index is 13.1. The predicted molar refractivity (Wildman–Crippen MR) is 160 cm³/mol. The lowest BCUT2D eigenvalue weighted by atomic mass is 9.81. The Kier molecular flexibility index (Phi) is 8.83. The number of ketones is 1. The molecule has 43 heavy (non-hydrogen) atoms. The van der Waals surface area contributed by atoms with Crippen molar-refractivity contribution in [2.75, 3.05) is 11.5 Å². The van der Waals surface area contributed by atoms with E-state index >= 15 is 0 Å². The number of nitro benzene ring substituents is 1. The maximum Gasteiger partial charge on any atom is 0.343 e. The molecule has 1 saturated carbocycles. The van der Waals surface area contributed by atoms with Crippen molar-refractivity contribution in [3.05, 3.63) is 99.6 Å². The molecule has 4 atom stereocenters. The molecule has 0 bridgehead atoms. The van der Waals surface area contributed by atoms with Crippen molar-refractivity contribution in [3.63, 3.8) is 0 Å². The number of nitrogens with zero attached hydrogens (tertiary/aromatic N) is 2. The monoisotopic (exact) mass is 712 g/mol. The topological polar surface area (TPSA) is 150 Å². The average Bonchev–Trinajstić information content (AvgIpc) is 3.24. The van der Waals surface area contributed by atoms with E-state index in [1.54, 1.807) is 6.07 Å². The van der Waals surface area contributed by atoms with Crippen LogP contribution in [0.1, 0.15) is 43.9 Å². The number of rotatable bonds is 8. The minimum Gasteiger partial charge on any atom is -0.454 e. The predicted octanol–water partition coefficient (Wildman–Crippen LogP) is 5.28. The van der Waals surface area contributed by atoms with Crippen LogP contribution in [0, 0.1) is 22.0 Å². The number of nitro groups is 1. The van der Waals surface area contributed by atoms with Crippen LogP contribution < -0.4 is 9.64 Å². The Bertz CT molecular complexity index is 1600. The summed E-state index contributed by atoms with van der Waals surface area (Å²) in [6.07, 6.45) is 1.05. The first-order valence-electron chi connectivity index (χ1n) is 13.1. The van der Waals surface area contributed by atoms with Gasteiger partial charge >= 0.3 is 11.9 Å². The van der Waals surface area contributed by atoms with Crippen molar-refractivity contribution in [2.45, 2.75) is 22.5 Å². The van der Waals surface area contributed by atoms with Crippen LogP contribution in [0.3, 0.4) is 0 Å². The molecule has 0 spiro atoms. The smallest absolute Gasteiger partial charge is 0.343 e. The number of hydrogen-bond donors (Lipinski definition) is 0. The summed E-state index contributed by atoms with van der Waals surface area (Å²) in [6, 6.07) is 16.4. The van der Waals surface area contributed by atoms with Crippen LogP contribution in [-0.4, -0.2) is 50.7 Å². The van der Waals surface area contributed by atoms with Gasteiger partial charge < -0.3 is 9.47 Å². The second-order valence-electron chi connectivity index (χ2n) is 10.00. The normalized spacial score (nSPS) is 21.2. The third-order valence-electron chi connectivity index (χ3n) is 7.29. The van der Waals surface area contributed by atoms with Crippen molar-refractivity contribution >= 4 is 72.8 Å². The summed E-state index contributed by atoms with van der Waals surface area (Å²) < 4.78 is 10.4. The van der Waals surface area contributed by atoms with Gasteiger partial charge in [-0.05, 0) is 67.4 Å². The van der Waals surface area contributed by atoms with Gasteiger partial charge in [-0.2, -0.15) is 0 Å². The number of ether oxygens (including phenoxy) is 2. The number of hydrogen-bond acceptors (Lipinski definition) is 9. The zero-order valence-corrected chi connectivity index (χ0v) is 25.4. The lowest BCUT2D eigenvalue weighted by molar-refractivity contribution is -0.384. The summed E-state index contributed by atoms with van der Waals surface area (Å²) in [6.45, 7) is -0.573. The molecule has 1 aliphatic carbocycles. The third-order valence-corrected chi connectivity index (χ3v) is 10.0. The van der Waals surface area contributed by atoms with E-state index in [9.17, 15) is 34.1 Å². The first kappa shape index (κ1) is 30.2. The standard InChI is InChI=1S/C30H22Br2N2O9/c31-24-13-22-23(14-25(24)32)28(37)33(27(22)36)20-3-1-2-18(12-20)29(38)42-15-26(35)16-6-10-21(11-7-16)43-30(39)17-4-8-19(9-5-17)34(40)41/h1-12,22-25H,13-15H2. The first-order chi connectivity index (χ1) is 20.5. The molecule has 2 aliphatic rings. The van der Waals surface area contributed by atoms with Crippen molar-refractivity contribution in [1.82, 2.24) is 0 Å². The molecule has 0 aromatic heterocycles. The number of fused-ring (bicyclic) bond motifs is 1. The van der Waals surface area contributed by atoms with Gasteiger partial charge in [0, 0.05) is 27.4 Å². The Labute approximate surface area is 261 Å². The lowest BCUT2D eigenvalue weighted by Crippen LogP contribution is -2.34. The Morgan fingerprint density at radius 3 is 1.98 bits per heavy atom. The Hall–Kier alpha value is -4.23. The second-order valence-corrected chi connectivity index (χ2v) is 12.3. The van der Waals surface area contributed by atoms with E-state index in [2.05, 4.69) is 31.9 Å². The van der Waals surface area contributed by atoms with Gasteiger partial charge in [0.1, 0.15) is 5.75 Å². The van der Waals surface area contributed by atoms with Gasteiger partial charge in [-0.15, -0.1) is 0 Å². The summed E-state index contributed by atoms with van der Waals surface area (Å²) in [5, 5.41) is 10.8. The van der Waals surface area contributed by atoms with E-state index in [4.69, 9.17) is 9.47 Å². The van der Waals surface area contributed by atoms with Crippen molar-refractivity contribution in [3.8, 4) is 5.75 Å². The number of carbonyl (C=O) groups excluding carboxylic acids is 5. The molecule has 3 aromatic carbocycles. The first-order valence-corrected chi connectivity index (χ1v) is 14.9. The van der Waals surface area contributed by atoms with Gasteiger partial charge in [0.2, 0.25) is 11.8 Å². The number of alkyl halides is 2. The molecule has 1 heterocycles. The summed E-state index contributed by atoms with van der Waals surface area (Å²) in [7, 11) is 0. The van der Waals surface area contributed by atoms with Gasteiger partial charge in [-0.3, -0.25) is 29.4 Å². The molecule has 0 radical (unpaired) electrons. The summed E-state index contributed by atoms with van der Waals surface area (Å²) >= 11 is 7.13. The number of esters is 2. The SMILES string of the molecule is O=C(COC(=O)c1cccc(N2C(=O)C3CC(Br)C(Br)CC3C2=O)c1)c1ccc(OC(=O)c2ccc([N+](=O)[O-])cc2)cc1. The lowest BCUT2D eigenvalue weighted by Gasteiger charge is -2.29. The number of anilines is 1. The van der Waals surface area contributed by atoms with E-state index in [0.717, 1.165) is 4.90 Å². The van der Waals surface area contributed by atoms with Gasteiger partial charge in [0.15, 0.2) is 12.4 Å². The van der Waals surface area contributed by atoms with Crippen LogP contribution in [0.2, 0.25) is 0 Å². The Balaban J connectivity index is 1.18. The second kappa shape index (κ2) is 12.6. The molecule has 5 rings (SSSR count). The maximum atomic E-state index is 13.1. The van der Waals surface area contributed by atoms with E-state index in [-0.39, 0.29) is 55.3 Å². The highest BCUT2D eigenvalue weighted by molar-refractivity contribution is 9.12.